The molecule has 0 radical (unpaired) electrons. The van der Waals surface area contributed by atoms with Crippen molar-refractivity contribution in [2.45, 2.75) is 37.9 Å². The van der Waals surface area contributed by atoms with E-state index in [2.05, 4.69) is 15.3 Å². The van der Waals surface area contributed by atoms with Gasteiger partial charge in [0.1, 0.15) is 29.4 Å². The predicted molar refractivity (Wildman–Crippen MR) is 124 cm³/mol. The molecule has 2 bridgehead atoms. The molecule has 2 aliphatic heterocycles. The summed E-state index contributed by atoms with van der Waals surface area (Å²) in [4.78, 5) is 22.3. The first kappa shape index (κ1) is 24.5. The number of amides is 1. The molecule has 36 heavy (non-hydrogen) atoms. The second-order valence-electron chi connectivity index (χ2n) is 9.54. The Bertz CT molecular complexity index is 1190. The molecule has 2 unspecified atom stereocenters. The van der Waals surface area contributed by atoms with Crippen molar-refractivity contribution in [3.05, 3.63) is 40.7 Å². The van der Waals surface area contributed by atoms with Crippen LogP contribution in [-0.4, -0.2) is 59.0 Å². The molecule has 1 aromatic carbocycles. The number of hydrogen-bond donors (Lipinski definition) is 1. The van der Waals surface area contributed by atoms with Gasteiger partial charge in [-0.05, 0) is 38.0 Å². The number of nitriles is 1. The van der Waals surface area contributed by atoms with E-state index < -0.39 is 18.1 Å². The highest BCUT2D eigenvalue weighted by molar-refractivity contribution is 6.33. The van der Waals surface area contributed by atoms with Crippen LogP contribution in [0.2, 0.25) is 5.02 Å². The fourth-order valence-electron chi connectivity index (χ4n) is 4.51. The number of carbonyl (C=O) groups excluding carboxylic acids is 1. The molecule has 1 N–H and O–H groups in total. The number of carbonyl (C=O) groups is 1. The van der Waals surface area contributed by atoms with Gasteiger partial charge >= 0.3 is 6.09 Å². The molecule has 1 amide bonds. The van der Waals surface area contributed by atoms with E-state index in [1.165, 1.54) is 18.2 Å². The van der Waals surface area contributed by atoms with Crippen LogP contribution in [0, 0.1) is 23.2 Å². The molecule has 3 aliphatic rings. The molecule has 190 valence electrons. The number of ether oxygens (including phenoxy) is 3. The molecule has 3 heterocycles. The zero-order chi connectivity index (χ0) is 25.4. The first-order chi connectivity index (χ1) is 17.3. The lowest BCUT2D eigenvalue weighted by Gasteiger charge is -2.46. The SMILES string of the molecule is CC1(OC(=O)N2CC3COCC(C2)C3Oc2ncnc(Nc3ccc(C#N)cc3Cl)c2C(F)F)CC1. The molecule has 1 aromatic heterocycles. The van der Waals surface area contributed by atoms with Crippen molar-refractivity contribution >= 4 is 29.2 Å². The van der Waals surface area contributed by atoms with E-state index in [9.17, 15) is 13.6 Å². The van der Waals surface area contributed by atoms with Gasteiger partial charge in [0.15, 0.2) is 0 Å². The van der Waals surface area contributed by atoms with Crippen molar-refractivity contribution in [1.82, 2.24) is 14.9 Å². The average Bonchev–Trinajstić information content (AvgIpc) is 3.56. The zero-order valence-corrected chi connectivity index (χ0v) is 20.2. The van der Waals surface area contributed by atoms with Gasteiger partial charge < -0.3 is 24.4 Å². The van der Waals surface area contributed by atoms with Crippen molar-refractivity contribution in [1.29, 1.82) is 5.26 Å². The molecule has 3 fully saturated rings. The molecule has 9 nitrogen and oxygen atoms in total. The zero-order valence-electron chi connectivity index (χ0n) is 19.4. The Morgan fingerprint density at radius 3 is 2.64 bits per heavy atom. The van der Waals surface area contributed by atoms with Crippen LogP contribution in [0.5, 0.6) is 5.88 Å². The number of nitrogens with one attached hydrogen (secondary N) is 1. The van der Waals surface area contributed by atoms with Gasteiger partial charge in [-0.1, -0.05) is 11.6 Å². The third kappa shape index (κ3) is 5.01. The minimum Gasteiger partial charge on any atom is -0.473 e. The molecule has 1 aliphatic carbocycles. The predicted octanol–water partition coefficient (Wildman–Crippen LogP) is 4.70. The summed E-state index contributed by atoms with van der Waals surface area (Å²) >= 11 is 6.20. The molecular weight excluding hydrogens is 496 g/mol. The number of piperidine rings is 1. The van der Waals surface area contributed by atoms with Crippen LogP contribution in [0.25, 0.3) is 0 Å². The molecular formula is C24H24ClF2N5O4. The summed E-state index contributed by atoms with van der Waals surface area (Å²) in [5.41, 5.74) is -0.240. The number of fused-ring (bicyclic) bond motifs is 2. The van der Waals surface area contributed by atoms with Gasteiger partial charge in [0, 0.05) is 24.9 Å². The summed E-state index contributed by atoms with van der Waals surface area (Å²) < 4.78 is 45.8. The van der Waals surface area contributed by atoms with Crippen molar-refractivity contribution in [3.8, 4) is 11.9 Å². The Morgan fingerprint density at radius 2 is 2.03 bits per heavy atom. The van der Waals surface area contributed by atoms with Crippen LogP contribution in [0.15, 0.2) is 24.5 Å². The smallest absolute Gasteiger partial charge is 0.410 e. The van der Waals surface area contributed by atoms with Gasteiger partial charge in [0.2, 0.25) is 5.88 Å². The minimum atomic E-state index is -2.94. The number of rotatable bonds is 6. The maximum absolute atomic E-state index is 14.2. The second-order valence-corrected chi connectivity index (χ2v) is 9.94. The number of halogens is 3. The van der Waals surface area contributed by atoms with Gasteiger partial charge in [-0.15, -0.1) is 0 Å². The minimum absolute atomic E-state index is 0.151. The number of alkyl halides is 2. The Balaban J connectivity index is 1.36. The average molecular weight is 520 g/mol. The van der Waals surface area contributed by atoms with Crippen LogP contribution in [0.3, 0.4) is 0 Å². The Hall–Kier alpha value is -3.23. The molecule has 12 heteroatoms. The molecule has 1 saturated carbocycles. The van der Waals surface area contributed by atoms with Crippen molar-refractivity contribution in [2.24, 2.45) is 11.8 Å². The summed E-state index contributed by atoms with van der Waals surface area (Å²) in [6.45, 7) is 3.21. The Labute approximate surface area is 211 Å². The highest BCUT2D eigenvalue weighted by atomic mass is 35.5. The first-order valence-electron chi connectivity index (χ1n) is 11.6. The van der Waals surface area contributed by atoms with Crippen molar-refractivity contribution in [2.75, 3.05) is 31.6 Å². The van der Waals surface area contributed by atoms with Crippen LogP contribution in [0.1, 0.15) is 37.3 Å². The van der Waals surface area contributed by atoms with E-state index in [1.807, 2.05) is 13.0 Å². The lowest BCUT2D eigenvalue weighted by Crippen LogP contribution is -2.59. The standard InChI is InChI=1S/C24H24ClF2N5O4/c1-24(4-5-24)36-23(33)32-8-14-10-34-11-15(9-32)19(14)35-22-18(20(26)27)21(29-12-30-22)31-17-3-2-13(7-28)6-16(17)25/h2-3,6,12,14-15,19-20H,4-5,8-11H2,1H3,(H,29,30,31). The molecule has 0 spiro atoms. The summed E-state index contributed by atoms with van der Waals surface area (Å²) in [6.07, 6.45) is -0.947. The third-order valence-electron chi connectivity index (χ3n) is 6.71. The molecule has 2 aromatic rings. The van der Waals surface area contributed by atoms with Gasteiger partial charge in [-0.2, -0.15) is 5.26 Å². The number of aromatic nitrogens is 2. The van der Waals surface area contributed by atoms with E-state index in [4.69, 9.17) is 31.1 Å². The summed E-state index contributed by atoms with van der Waals surface area (Å²) in [7, 11) is 0. The normalized spacial score (nSPS) is 24.1. The van der Waals surface area contributed by atoms with Gasteiger partial charge in [-0.25, -0.2) is 23.5 Å². The number of anilines is 2. The number of nitrogens with zero attached hydrogens (tertiary/aromatic N) is 4. The van der Waals surface area contributed by atoms with Crippen LogP contribution in [-0.2, 0) is 9.47 Å². The quantitative estimate of drug-likeness (QED) is 0.585. The fraction of sp³-hybridized carbons (Fsp3) is 0.500. The monoisotopic (exact) mass is 519 g/mol. The fourth-order valence-corrected chi connectivity index (χ4v) is 4.73. The number of benzene rings is 1. The highest BCUT2D eigenvalue weighted by Crippen LogP contribution is 2.41. The van der Waals surface area contributed by atoms with E-state index in [1.54, 1.807) is 4.90 Å². The lowest BCUT2D eigenvalue weighted by atomic mass is 9.84. The van der Waals surface area contributed by atoms with Gasteiger partial charge in [-0.3, -0.25) is 0 Å². The van der Waals surface area contributed by atoms with Crippen molar-refractivity contribution in [3.63, 3.8) is 0 Å². The second kappa shape index (κ2) is 9.67. The molecule has 5 rings (SSSR count). The van der Waals surface area contributed by atoms with Gasteiger partial charge in [0.25, 0.3) is 6.43 Å². The first-order valence-corrected chi connectivity index (χ1v) is 12.0. The Kier molecular flexibility index (Phi) is 6.57. The van der Waals surface area contributed by atoms with Gasteiger partial charge in [0.05, 0.1) is 35.6 Å². The van der Waals surface area contributed by atoms with E-state index in [-0.39, 0.29) is 40.3 Å². The van der Waals surface area contributed by atoms with E-state index >= 15 is 0 Å². The van der Waals surface area contributed by atoms with E-state index in [0.717, 1.165) is 19.2 Å². The largest absolute Gasteiger partial charge is 0.473 e. The summed E-state index contributed by atoms with van der Waals surface area (Å²) in [5.74, 6) is -0.860. The van der Waals surface area contributed by atoms with Crippen LogP contribution in [0.4, 0.5) is 25.1 Å². The topological polar surface area (TPSA) is 110 Å². The van der Waals surface area contributed by atoms with Crippen LogP contribution < -0.4 is 10.1 Å². The Morgan fingerprint density at radius 1 is 1.31 bits per heavy atom. The summed E-state index contributed by atoms with van der Waals surface area (Å²) in [5, 5.41) is 12.0. The lowest BCUT2D eigenvalue weighted by molar-refractivity contribution is -0.112. The highest BCUT2D eigenvalue weighted by Gasteiger charge is 2.47. The summed E-state index contributed by atoms with van der Waals surface area (Å²) in [6, 6.07) is 6.41. The molecule has 2 atom stereocenters. The maximum atomic E-state index is 14.2. The maximum Gasteiger partial charge on any atom is 0.410 e. The number of hydrogen-bond acceptors (Lipinski definition) is 8. The number of likely N-dealkylation sites (tertiary alicyclic amines) is 1. The van der Waals surface area contributed by atoms with Crippen molar-refractivity contribution < 1.29 is 27.8 Å². The molecule has 2 saturated heterocycles. The third-order valence-corrected chi connectivity index (χ3v) is 7.03. The van der Waals surface area contributed by atoms with E-state index in [0.29, 0.717) is 37.6 Å². The van der Waals surface area contributed by atoms with Crippen LogP contribution >= 0.6 is 11.6 Å².